The molecule has 1 fully saturated rings. The van der Waals surface area contributed by atoms with Crippen LogP contribution >= 0.6 is 15.9 Å². The van der Waals surface area contributed by atoms with Crippen LogP contribution in [0.5, 0.6) is 5.75 Å². The third kappa shape index (κ3) is 2.80. The molecule has 142 valence electrons. The monoisotopic (exact) mass is 454 g/mol. The summed E-state index contributed by atoms with van der Waals surface area (Å²) in [6, 6.07) is 6.74. The smallest absolute Gasteiger partial charge is 0.264 e. The van der Waals surface area contributed by atoms with E-state index in [1.807, 2.05) is 0 Å². The van der Waals surface area contributed by atoms with Gasteiger partial charge in [0.2, 0.25) is 5.91 Å². The molecule has 1 heterocycles. The van der Waals surface area contributed by atoms with E-state index >= 15 is 0 Å². The summed E-state index contributed by atoms with van der Waals surface area (Å²) in [5.41, 5.74) is 1.10. The normalized spacial score (nSPS) is 17.2. The van der Waals surface area contributed by atoms with Crippen LogP contribution in [0.1, 0.15) is 24.8 Å². The molecule has 0 unspecified atom stereocenters. The molecule has 9 heteroatoms. The summed E-state index contributed by atoms with van der Waals surface area (Å²) in [5.74, 6) is -0.747. The van der Waals surface area contributed by atoms with Gasteiger partial charge in [0.15, 0.2) is 0 Å². The Hall–Kier alpha value is -2.13. The van der Waals surface area contributed by atoms with Gasteiger partial charge < -0.3 is 10.1 Å². The predicted molar refractivity (Wildman–Crippen MR) is 102 cm³/mol. The first kappa shape index (κ1) is 18.2. The molecule has 4 rings (SSSR count). The summed E-state index contributed by atoms with van der Waals surface area (Å²) in [4.78, 5) is 11.9. The quantitative estimate of drug-likeness (QED) is 0.735. The number of fused-ring (bicyclic) bond motifs is 2. The minimum absolute atomic E-state index is 0.0642. The fourth-order valence-electron chi connectivity index (χ4n) is 3.59. The van der Waals surface area contributed by atoms with Crippen LogP contribution in [0.15, 0.2) is 39.7 Å². The van der Waals surface area contributed by atoms with E-state index in [2.05, 4.69) is 26.0 Å². The number of hydrogen-bond donors (Lipinski definition) is 2. The second kappa shape index (κ2) is 6.20. The van der Waals surface area contributed by atoms with Crippen molar-refractivity contribution in [2.45, 2.75) is 29.6 Å². The minimum Gasteiger partial charge on any atom is -0.497 e. The number of anilines is 2. The Bertz CT molecular complexity index is 1070. The maximum Gasteiger partial charge on any atom is 0.264 e. The first-order valence-electron chi connectivity index (χ1n) is 8.29. The zero-order valence-electron chi connectivity index (χ0n) is 14.3. The maximum absolute atomic E-state index is 14.2. The standard InChI is InChI=1S/C18H16BrFN2O4S/c1-26-11-3-4-15(14(20)9-11)27(24,25)22-10-7-12-16(13(19)8-10)21-17(23)18(12)5-2-6-18/h3-4,7-9,22H,2,5-6H2,1H3,(H,21,23). The number of halogens is 2. The molecule has 2 N–H and O–H groups in total. The van der Waals surface area contributed by atoms with Crippen LogP contribution in [0.3, 0.4) is 0 Å². The third-order valence-electron chi connectivity index (χ3n) is 5.17. The first-order chi connectivity index (χ1) is 12.8. The lowest BCUT2D eigenvalue weighted by atomic mass is 9.65. The largest absolute Gasteiger partial charge is 0.497 e. The number of carbonyl (C=O) groups is 1. The highest BCUT2D eigenvalue weighted by atomic mass is 79.9. The van der Waals surface area contributed by atoms with Gasteiger partial charge in [-0.05, 0) is 58.6 Å². The highest BCUT2D eigenvalue weighted by molar-refractivity contribution is 9.10. The summed E-state index contributed by atoms with van der Waals surface area (Å²) in [6.45, 7) is 0. The number of sulfonamides is 1. The fourth-order valence-corrected chi connectivity index (χ4v) is 5.25. The molecule has 0 saturated heterocycles. The van der Waals surface area contributed by atoms with Crippen molar-refractivity contribution in [3.05, 3.63) is 46.2 Å². The number of methoxy groups -OCH3 is 1. The molecule has 0 bridgehead atoms. The summed E-state index contributed by atoms with van der Waals surface area (Å²) in [7, 11) is -2.78. The summed E-state index contributed by atoms with van der Waals surface area (Å²) in [6.07, 6.45) is 2.39. The molecule has 6 nitrogen and oxygen atoms in total. The first-order valence-corrected chi connectivity index (χ1v) is 10.6. The molecule has 0 aromatic heterocycles. The summed E-state index contributed by atoms with van der Waals surface area (Å²) in [5, 5.41) is 2.87. The van der Waals surface area contributed by atoms with Gasteiger partial charge in [0.05, 0.1) is 23.9 Å². The van der Waals surface area contributed by atoms with Crippen molar-refractivity contribution in [1.82, 2.24) is 0 Å². The molecule has 27 heavy (non-hydrogen) atoms. The average molecular weight is 455 g/mol. The van der Waals surface area contributed by atoms with Gasteiger partial charge in [-0.1, -0.05) is 6.42 Å². The lowest BCUT2D eigenvalue weighted by Gasteiger charge is -2.36. The Kier molecular flexibility index (Phi) is 4.19. The maximum atomic E-state index is 14.2. The van der Waals surface area contributed by atoms with E-state index in [1.165, 1.54) is 13.2 Å². The van der Waals surface area contributed by atoms with E-state index in [0.29, 0.717) is 10.2 Å². The predicted octanol–water partition coefficient (Wildman–Crippen LogP) is 3.77. The number of carbonyl (C=O) groups excluding carboxylic acids is 1. The van der Waals surface area contributed by atoms with E-state index in [-0.39, 0.29) is 17.3 Å². The summed E-state index contributed by atoms with van der Waals surface area (Å²) < 4.78 is 47.4. The SMILES string of the molecule is COc1ccc(S(=O)(=O)Nc2cc(Br)c3c(c2)C2(CCC2)C(=O)N3)c(F)c1. The van der Waals surface area contributed by atoms with Crippen molar-refractivity contribution >= 4 is 43.2 Å². The van der Waals surface area contributed by atoms with Gasteiger partial charge in [-0.15, -0.1) is 0 Å². The van der Waals surface area contributed by atoms with Crippen LogP contribution in [0.4, 0.5) is 15.8 Å². The Morgan fingerprint density at radius 2 is 2.00 bits per heavy atom. The highest BCUT2D eigenvalue weighted by Crippen LogP contribution is 2.53. The molecule has 2 aliphatic rings. The van der Waals surface area contributed by atoms with Crippen LogP contribution in [0, 0.1) is 5.82 Å². The number of rotatable bonds is 4. The second-order valence-corrected chi connectivity index (χ2v) is 9.18. The lowest BCUT2D eigenvalue weighted by Crippen LogP contribution is -2.40. The molecule has 1 amide bonds. The fraction of sp³-hybridized carbons (Fsp3) is 0.278. The van der Waals surface area contributed by atoms with Crippen molar-refractivity contribution < 1.29 is 22.3 Å². The molecule has 1 aliphatic carbocycles. The van der Waals surface area contributed by atoms with E-state index < -0.39 is 26.2 Å². The van der Waals surface area contributed by atoms with Gasteiger partial charge in [0.1, 0.15) is 16.5 Å². The number of nitrogens with one attached hydrogen (secondary N) is 2. The molecule has 2 aromatic rings. The van der Waals surface area contributed by atoms with Crippen LogP contribution in [0.2, 0.25) is 0 Å². The zero-order valence-corrected chi connectivity index (χ0v) is 16.7. The van der Waals surface area contributed by atoms with E-state index in [1.54, 1.807) is 12.1 Å². The molecule has 1 spiro atoms. The zero-order chi connectivity index (χ0) is 19.4. The van der Waals surface area contributed by atoms with Gasteiger partial charge in [0, 0.05) is 10.5 Å². The molecular formula is C18H16BrFN2O4S. The van der Waals surface area contributed by atoms with Crippen LogP contribution in [-0.4, -0.2) is 21.4 Å². The van der Waals surface area contributed by atoms with Crippen molar-refractivity contribution in [3.63, 3.8) is 0 Å². The van der Waals surface area contributed by atoms with E-state index in [4.69, 9.17) is 4.74 Å². The third-order valence-corrected chi connectivity index (χ3v) is 7.21. The topological polar surface area (TPSA) is 84.5 Å². The number of amides is 1. The van der Waals surface area contributed by atoms with Gasteiger partial charge in [-0.2, -0.15) is 0 Å². The number of benzene rings is 2. The molecule has 2 aromatic carbocycles. The lowest BCUT2D eigenvalue weighted by molar-refractivity contribution is -0.123. The van der Waals surface area contributed by atoms with Crippen LogP contribution in [-0.2, 0) is 20.2 Å². The van der Waals surface area contributed by atoms with Crippen molar-refractivity contribution in [3.8, 4) is 5.75 Å². The number of ether oxygens (including phenoxy) is 1. The minimum atomic E-state index is -4.15. The van der Waals surface area contributed by atoms with Gasteiger partial charge >= 0.3 is 0 Å². The molecule has 1 saturated carbocycles. The molecule has 0 radical (unpaired) electrons. The van der Waals surface area contributed by atoms with E-state index in [0.717, 1.165) is 37.0 Å². The molecule has 0 atom stereocenters. The van der Waals surface area contributed by atoms with Crippen LogP contribution in [0.25, 0.3) is 0 Å². The molecular weight excluding hydrogens is 439 g/mol. The summed E-state index contributed by atoms with van der Waals surface area (Å²) >= 11 is 3.39. The van der Waals surface area contributed by atoms with Crippen molar-refractivity contribution in [1.29, 1.82) is 0 Å². The highest BCUT2D eigenvalue weighted by Gasteiger charge is 2.51. The van der Waals surface area contributed by atoms with Gasteiger partial charge in [-0.3, -0.25) is 9.52 Å². The second-order valence-electron chi connectivity index (χ2n) is 6.67. The number of hydrogen-bond acceptors (Lipinski definition) is 4. The Labute approximate surface area is 164 Å². The van der Waals surface area contributed by atoms with Gasteiger partial charge in [-0.25, -0.2) is 12.8 Å². The van der Waals surface area contributed by atoms with Crippen LogP contribution < -0.4 is 14.8 Å². The Balaban J connectivity index is 1.72. The Morgan fingerprint density at radius 3 is 2.59 bits per heavy atom. The molecule has 1 aliphatic heterocycles. The Morgan fingerprint density at radius 1 is 1.26 bits per heavy atom. The average Bonchev–Trinajstić information content (AvgIpc) is 2.86. The van der Waals surface area contributed by atoms with Crippen molar-refractivity contribution in [2.75, 3.05) is 17.1 Å². The van der Waals surface area contributed by atoms with Gasteiger partial charge in [0.25, 0.3) is 10.0 Å². The van der Waals surface area contributed by atoms with E-state index in [9.17, 15) is 17.6 Å². The van der Waals surface area contributed by atoms with Crippen molar-refractivity contribution in [2.24, 2.45) is 0 Å².